The molecule has 2 aliphatic rings. The molecule has 5 rings (SSSR count). The number of nitrogens with one attached hydrogen (secondary N) is 2. The average Bonchev–Trinajstić information content (AvgIpc) is 3.27. The Balaban J connectivity index is 1.33. The summed E-state index contributed by atoms with van der Waals surface area (Å²) in [7, 11) is 0. The van der Waals surface area contributed by atoms with Crippen molar-refractivity contribution in [2.75, 3.05) is 24.6 Å². The number of anilines is 1. The largest absolute Gasteiger partial charge is 0.463 e. The quantitative estimate of drug-likeness (QED) is 0.411. The van der Waals surface area contributed by atoms with Gasteiger partial charge in [0, 0.05) is 42.7 Å². The van der Waals surface area contributed by atoms with E-state index in [2.05, 4.69) is 35.5 Å². The Morgan fingerprint density at radius 2 is 2.05 bits per heavy atom. The van der Waals surface area contributed by atoms with Gasteiger partial charge in [0.15, 0.2) is 5.65 Å². The maximum Gasteiger partial charge on any atom is 0.321 e. The zero-order valence-corrected chi connectivity index (χ0v) is 20.9. The smallest absolute Gasteiger partial charge is 0.321 e. The van der Waals surface area contributed by atoms with Crippen LogP contribution in [0.5, 0.6) is 6.01 Å². The third-order valence-corrected chi connectivity index (χ3v) is 7.13. The van der Waals surface area contributed by atoms with Crippen molar-refractivity contribution in [1.29, 1.82) is 0 Å². The SMILES string of the molecule is C[C@@H](NC(=O)c1nc(OC[C@H]2CC2(F)F)nc(N2CCC(c3[nH]nc4ncccc34)CC2)n1)C(C)(C)O. The lowest BCUT2D eigenvalue weighted by molar-refractivity contribution is 0.0405. The van der Waals surface area contributed by atoms with Crippen LogP contribution in [-0.4, -0.2) is 78.4 Å². The number of H-pyrrole nitrogens is 1. The highest BCUT2D eigenvalue weighted by Crippen LogP contribution is 2.48. The van der Waals surface area contributed by atoms with Gasteiger partial charge in [-0.05, 0) is 45.7 Å². The number of rotatable bonds is 8. The van der Waals surface area contributed by atoms with Gasteiger partial charge in [-0.15, -0.1) is 0 Å². The van der Waals surface area contributed by atoms with E-state index < -0.39 is 29.4 Å². The number of pyridine rings is 1. The topological polar surface area (TPSA) is 142 Å². The predicted octanol–water partition coefficient (Wildman–Crippen LogP) is 2.45. The summed E-state index contributed by atoms with van der Waals surface area (Å²) in [6, 6.07) is 3.10. The number of ether oxygens (including phenoxy) is 1. The molecule has 2 atom stereocenters. The van der Waals surface area contributed by atoms with Crippen LogP contribution < -0.4 is 15.0 Å². The molecule has 0 unspecified atom stereocenters. The highest BCUT2D eigenvalue weighted by molar-refractivity contribution is 5.91. The van der Waals surface area contributed by atoms with Gasteiger partial charge >= 0.3 is 6.01 Å². The number of carbonyl (C=O) groups is 1. The average molecular weight is 517 g/mol. The Morgan fingerprint density at radius 3 is 2.73 bits per heavy atom. The number of aliphatic hydroxyl groups is 1. The van der Waals surface area contributed by atoms with Gasteiger partial charge in [0.05, 0.1) is 17.6 Å². The number of hydrogen-bond donors (Lipinski definition) is 3. The summed E-state index contributed by atoms with van der Waals surface area (Å²) >= 11 is 0. The maximum atomic E-state index is 13.3. The number of alkyl halides is 2. The molecule has 3 aromatic rings. The number of aromatic amines is 1. The standard InChI is InChI=1S/C24H30F2N8O3/c1-13(23(2,3)36)28-20(35)19-29-21(31-22(30-19)37-12-15-11-24(15,25)26)34-9-6-14(7-10-34)17-16-5-4-8-27-18(16)33-32-17/h4-5,8,13-15,36H,6-7,9-12H2,1-3H3,(H,28,35)(H,27,32,33)/t13-,15-/m1/s1. The molecule has 13 heteroatoms. The number of carbonyl (C=O) groups excluding carboxylic acids is 1. The van der Waals surface area contributed by atoms with E-state index in [1.807, 2.05) is 17.0 Å². The zero-order chi connectivity index (χ0) is 26.4. The normalized spacial score (nSPS) is 20.6. The monoisotopic (exact) mass is 516 g/mol. The van der Waals surface area contributed by atoms with E-state index in [1.165, 1.54) is 0 Å². The molecule has 1 aliphatic heterocycles. The fourth-order valence-electron chi connectivity index (χ4n) is 4.27. The van der Waals surface area contributed by atoms with Gasteiger partial charge in [-0.1, -0.05) is 0 Å². The number of halogens is 2. The number of nitrogens with zero attached hydrogens (tertiary/aromatic N) is 6. The van der Waals surface area contributed by atoms with Crippen molar-refractivity contribution in [2.24, 2.45) is 5.92 Å². The van der Waals surface area contributed by atoms with Crippen LogP contribution in [0, 0.1) is 5.92 Å². The highest BCUT2D eigenvalue weighted by atomic mass is 19.3. The second-order valence-electron chi connectivity index (χ2n) is 10.3. The predicted molar refractivity (Wildman–Crippen MR) is 130 cm³/mol. The summed E-state index contributed by atoms with van der Waals surface area (Å²) in [5, 5.41) is 21.3. The highest BCUT2D eigenvalue weighted by Gasteiger charge is 2.57. The van der Waals surface area contributed by atoms with E-state index in [4.69, 9.17) is 4.74 Å². The van der Waals surface area contributed by atoms with Crippen LogP contribution >= 0.6 is 0 Å². The van der Waals surface area contributed by atoms with Crippen molar-refractivity contribution in [1.82, 2.24) is 35.5 Å². The van der Waals surface area contributed by atoms with Crippen LogP contribution in [-0.2, 0) is 0 Å². The molecule has 3 N–H and O–H groups in total. The van der Waals surface area contributed by atoms with E-state index in [-0.39, 0.29) is 36.7 Å². The molecule has 0 spiro atoms. The van der Waals surface area contributed by atoms with Crippen LogP contribution in [0.2, 0.25) is 0 Å². The van der Waals surface area contributed by atoms with Crippen LogP contribution in [0.1, 0.15) is 62.3 Å². The van der Waals surface area contributed by atoms with Crippen molar-refractivity contribution in [2.45, 2.75) is 63.5 Å². The first-order valence-electron chi connectivity index (χ1n) is 12.3. The lowest BCUT2D eigenvalue weighted by Gasteiger charge is -2.31. The second-order valence-corrected chi connectivity index (χ2v) is 10.3. The molecule has 37 heavy (non-hydrogen) atoms. The fourth-order valence-corrected chi connectivity index (χ4v) is 4.27. The Bertz CT molecular complexity index is 1290. The molecular formula is C24H30F2N8O3. The first kappa shape index (κ1) is 25.2. The Hall–Kier alpha value is -3.48. The van der Waals surface area contributed by atoms with Gasteiger partial charge in [-0.2, -0.15) is 20.1 Å². The summed E-state index contributed by atoms with van der Waals surface area (Å²) in [5.74, 6) is -3.99. The molecule has 11 nitrogen and oxygen atoms in total. The van der Waals surface area contributed by atoms with E-state index in [1.54, 1.807) is 27.0 Å². The molecule has 4 heterocycles. The molecule has 1 aliphatic carbocycles. The van der Waals surface area contributed by atoms with Gasteiger partial charge in [-0.25, -0.2) is 13.8 Å². The molecule has 0 radical (unpaired) electrons. The summed E-state index contributed by atoms with van der Waals surface area (Å²) in [6.45, 7) is 5.74. The zero-order valence-electron chi connectivity index (χ0n) is 20.9. The lowest BCUT2D eigenvalue weighted by Crippen LogP contribution is -2.47. The van der Waals surface area contributed by atoms with Crippen molar-refractivity contribution < 1.29 is 23.4 Å². The first-order valence-corrected chi connectivity index (χ1v) is 12.3. The minimum absolute atomic E-state index is 0.179. The van der Waals surface area contributed by atoms with Crippen molar-refractivity contribution in [3.05, 3.63) is 29.8 Å². The number of amides is 1. The summed E-state index contributed by atoms with van der Waals surface area (Å²) in [5.41, 5.74) is 0.543. The van der Waals surface area contributed by atoms with E-state index >= 15 is 0 Å². The summed E-state index contributed by atoms with van der Waals surface area (Å²) in [6.07, 6.45) is 3.02. The number of fused-ring (bicyclic) bond motifs is 1. The minimum Gasteiger partial charge on any atom is -0.463 e. The Labute approximate surface area is 212 Å². The second kappa shape index (κ2) is 9.43. The molecule has 1 saturated carbocycles. The van der Waals surface area contributed by atoms with Crippen LogP contribution in [0.4, 0.5) is 14.7 Å². The minimum atomic E-state index is -2.74. The molecule has 198 valence electrons. The number of aromatic nitrogens is 6. The molecule has 0 aromatic carbocycles. The summed E-state index contributed by atoms with van der Waals surface area (Å²) < 4.78 is 32.2. The number of piperidine rings is 1. The Morgan fingerprint density at radius 1 is 1.32 bits per heavy atom. The van der Waals surface area contributed by atoms with Gasteiger partial charge in [0.25, 0.3) is 11.8 Å². The third kappa shape index (κ3) is 5.45. The molecule has 3 aromatic heterocycles. The summed E-state index contributed by atoms with van der Waals surface area (Å²) in [4.78, 5) is 31.8. The van der Waals surface area contributed by atoms with Gasteiger partial charge < -0.3 is 20.1 Å². The van der Waals surface area contributed by atoms with Crippen molar-refractivity contribution in [3.63, 3.8) is 0 Å². The fraction of sp³-hybridized carbons (Fsp3) is 0.583. The van der Waals surface area contributed by atoms with E-state index in [9.17, 15) is 18.7 Å². The van der Waals surface area contributed by atoms with E-state index in [0.717, 1.165) is 23.9 Å². The third-order valence-electron chi connectivity index (χ3n) is 7.13. The van der Waals surface area contributed by atoms with Gasteiger partial charge in [0.2, 0.25) is 11.8 Å². The first-order chi connectivity index (χ1) is 17.5. The van der Waals surface area contributed by atoms with Crippen LogP contribution in [0.25, 0.3) is 11.0 Å². The van der Waals surface area contributed by atoms with Crippen LogP contribution in [0.3, 0.4) is 0 Å². The van der Waals surface area contributed by atoms with Gasteiger partial charge in [-0.3, -0.25) is 9.89 Å². The molecule has 1 saturated heterocycles. The van der Waals surface area contributed by atoms with Crippen molar-refractivity contribution in [3.8, 4) is 6.01 Å². The molecule has 1 amide bonds. The lowest BCUT2D eigenvalue weighted by atomic mass is 9.92. The van der Waals surface area contributed by atoms with Crippen molar-refractivity contribution >= 4 is 22.9 Å². The molecular weight excluding hydrogens is 486 g/mol. The molecule has 0 bridgehead atoms. The number of hydrogen-bond acceptors (Lipinski definition) is 9. The van der Waals surface area contributed by atoms with Crippen LogP contribution in [0.15, 0.2) is 18.3 Å². The Kier molecular flexibility index (Phi) is 6.42. The molecule has 2 fully saturated rings. The maximum absolute atomic E-state index is 13.3. The van der Waals surface area contributed by atoms with Gasteiger partial charge in [0.1, 0.15) is 6.61 Å². The van der Waals surface area contributed by atoms with E-state index in [0.29, 0.717) is 18.7 Å².